The average Bonchev–Trinajstić information content (AvgIpc) is 2.53. The van der Waals surface area contributed by atoms with Gasteiger partial charge in [-0.3, -0.25) is 0 Å². The van der Waals surface area contributed by atoms with E-state index in [1.54, 1.807) is 12.4 Å². The zero-order valence-corrected chi connectivity index (χ0v) is 8.22. The van der Waals surface area contributed by atoms with E-state index in [1.807, 2.05) is 20.8 Å². The van der Waals surface area contributed by atoms with Crippen LogP contribution >= 0.6 is 11.5 Å². The third-order valence-corrected chi connectivity index (χ3v) is 2.25. The Kier molecular flexibility index (Phi) is 3.10. The van der Waals surface area contributed by atoms with Gasteiger partial charge in [0.15, 0.2) is 0 Å². The van der Waals surface area contributed by atoms with E-state index in [1.165, 1.54) is 11.5 Å². The number of hydrogen-bond acceptors (Lipinski definition) is 4. The molecule has 4 heteroatoms. The fourth-order valence-corrected chi connectivity index (χ4v) is 1.55. The van der Waals surface area contributed by atoms with E-state index in [-0.39, 0.29) is 0 Å². The van der Waals surface area contributed by atoms with Crippen molar-refractivity contribution in [3.05, 3.63) is 18.1 Å². The Bertz CT molecular complexity index is 356. The van der Waals surface area contributed by atoms with Gasteiger partial charge in [-0.1, -0.05) is 13.8 Å². The summed E-state index contributed by atoms with van der Waals surface area (Å²) in [6.45, 7) is 5.97. The van der Waals surface area contributed by atoms with Gasteiger partial charge in [0.1, 0.15) is 0 Å². The lowest BCUT2D eigenvalue weighted by atomic mass is 10.3. The highest BCUT2D eigenvalue weighted by atomic mass is 32.1. The first-order valence-electron chi connectivity index (χ1n) is 3.90. The van der Waals surface area contributed by atoms with Crippen LogP contribution in [-0.2, 0) is 0 Å². The third-order valence-electron chi connectivity index (χ3n) is 1.36. The topological polar surface area (TPSA) is 38.7 Å². The second-order valence-electron chi connectivity index (χ2n) is 2.04. The van der Waals surface area contributed by atoms with Gasteiger partial charge >= 0.3 is 0 Å². The fourth-order valence-electron chi connectivity index (χ4n) is 0.821. The number of aromatic nitrogens is 3. The number of nitrogens with zero attached hydrogens (tertiary/aromatic N) is 3. The fraction of sp³-hybridized carbons (Fsp3) is 0.375. The molecule has 0 spiro atoms. The molecule has 0 saturated carbocycles. The maximum Gasteiger partial charge on any atom is 0.0770 e. The maximum absolute atomic E-state index is 4.16. The summed E-state index contributed by atoms with van der Waals surface area (Å²) in [6, 6.07) is 0. The first-order chi connectivity index (χ1) is 5.88. The zero-order valence-electron chi connectivity index (χ0n) is 7.40. The summed E-state index contributed by atoms with van der Waals surface area (Å²) in [6.07, 6.45) is 3.48. The molecule has 0 aliphatic heterocycles. The van der Waals surface area contributed by atoms with Crippen LogP contribution in [0.1, 0.15) is 19.5 Å². The molecule has 0 unspecified atom stereocenters. The molecule has 64 valence electrons. The lowest BCUT2D eigenvalue weighted by molar-refractivity contribution is 1.05. The van der Waals surface area contributed by atoms with Crippen molar-refractivity contribution in [1.29, 1.82) is 0 Å². The third kappa shape index (κ3) is 1.58. The first-order valence-corrected chi connectivity index (χ1v) is 4.68. The van der Waals surface area contributed by atoms with Crippen LogP contribution in [0.5, 0.6) is 0 Å². The van der Waals surface area contributed by atoms with Crippen molar-refractivity contribution in [2.75, 3.05) is 0 Å². The smallest absolute Gasteiger partial charge is 0.0770 e. The molecule has 0 fully saturated rings. The summed E-state index contributed by atoms with van der Waals surface area (Å²) in [5, 5.41) is 8.62. The average molecular weight is 181 g/mol. The molecule has 0 saturated heterocycles. The van der Waals surface area contributed by atoms with Crippen LogP contribution in [0.25, 0.3) is 10.1 Å². The minimum Gasteiger partial charge on any atom is -0.197 e. The summed E-state index contributed by atoms with van der Waals surface area (Å²) < 4.78 is 5.26. The molecular formula is C8H11N3S. The molecule has 2 rings (SSSR count). The predicted octanol–water partition coefficient (Wildman–Crippen LogP) is 2.42. The lowest BCUT2D eigenvalue weighted by Gasteiger charge is -1.83. The quantitative estimate of drug-likeness (QED) is 0.626. The number of aryl methyl sites for hydroxylation is 1. The first kappa shape index (κ1) is 9.06. The van der Waals surface area contributed by atoms with Crippen molar-refractivity contribution in [2.45, 2.75) is 20.8 Å². The second-order valence-corrected chi connectivity index (χ2v) is 2.84. The van der Waals surface area contributed by atoms with Crippen molar-refractivity contribution in [1.82, 2.24) is 14.6 Å². The van der Waals surface area contributed by atoms with E-state index in [2.05, 4.69) is 14.6 Å². The Hall–Kier alpha value is -1.03. The van der Waals surface area contributed by atoms with E-state index in [9.17, 15) is 0 Å². The summed E-state index contributed by atoms with van der Waals surface area (Å²) in [4.78, 5) is 0. The minimum atomic E-state index is 1.04. The van der Waals surface area contributed by atoms with Gasteiger partial charge in [0.2, 0.25) is 0 Å². The lowest BCUT2D eigenvalue weighted by Crippen LogP contribution is -1.76. The van der Waals surface area contributed by atoms with Crippen molar-refractivity contribution in [3.63, 3.8) is 0 Å². The summed E-state index contributed by atoms with van der Waals surface area (Å²) >= 11 is 1.46. The van der Waals surface area contributed by atoms with Crippen LogP contribution in [0, 0.1) is 6.92 Å². The molecule has 2 aromatic rings. The van der Waals surface area contributed by atoms with E-state index in [0.29, 0.717) is 0 Å². The Labute approximate surface area is 75.6 Å². The largest absolute Gasteiger partial charge is 0.197 e. The molecule has 0 N–H and O–H groups in total. The molecular weight excluding hydrogens is 170 g/mol. The predicted molar refractivity (Wildman–Crippen MR) is 51.3 cm³/mol. The molecule has 12 heavy (non-hydrogen) atoms. The van der Waals surface area contributed by atoms with Gasteiger partial charge < -0.3 is 0 Å². The standard InChI is InChI=1S/C6H5N3S.C2H6/c1-4-5-2-7-8-3-6(5)10-9-4;1-2/h2-3H,1H3;1-2H3. The summed E-state index contributed by atoms with van der Waals surface area (Å²) in [5.41, 5.74) is 1.04. The number of fused-ring (bicyclic) bond motifs is 1. The van der Waals surface area contributed by atoms with Gasteiger partial charge in [-0.25, -0.2) is 0 Å². The van der Waals surface area contributed by atoms with Crippen molar-refractivity contribution < 1.29 is 0 Å². The van der Waals surface area contributed by atoms with Gasteiger partial charge in [0.25, 0.3) is 0 Å². The Morgan fingerprint density at radius 2 is 1.83 bits per heavy atom. The van der Waals surface area contributed by atoms with E-state index < -0.39 is 0 Å². The second kappa shape index (κ2) is 4.11. The Morgan fingerprint density at radius 3 is 2.50 bits per heavy atom. The van der Waals surface area contributed by atoms with Crippen LogP contribution in [0.3, 0.4) is 0 Å². The van der Waals surface area contributed by atoms with Crippen LogP contribution in [0.2, 0.25) is 0 Å². The van der Waals surface area contributed by atoms with Gasteiger partial charge in [-0.2, -0.15) is 14.6 Å². The molecule has 0 atom stereocenters. The van der Waals surface area contributed by atoms with Crippen molar-refractivity contribution in [3.8, 4) is 0 Å². The molecule has 0 aliphatic rings. The van der Waals surface area contributed by atoms with Crippen LogP contribution in [0.4, 0.5) is 0 Å². The van der Waals surface area contributed by atoms with Crippen LogP contribution in [0.15, 0.2) is 12.4 Å². The number of rotatable bonds is 0. The zero-order chi connectivity index (χ0) is 8.97. The van der Waals surface area contributed by atoms with E-state index in [0.717, 1.165) is 15.8 Å². The maximum atomic E-state index is 4.16. The van der Waals surface area contributed by atoms with E-state index >= 15 is 0 Å². The molecule has 0 aliphatic carbocycles. The molecule has 3 nitrogen and oxygen atoms in total. The molecule has 0 bridgehead atoms. The van der Waals surface area contributed by atoms with Gasteiger partial charge in [-0.05, 0) is 18.5 Å². The van der Waals surface area contributed by atoms with Crippen molar-refractivity contribution >= 4 is 21.6 Å². The van der Waals surface area contributed by atoms with Crippen LogP contribution < -0.4 is 0 Å². The van der Waals surface area contributed by atoms with Crippen molar-refractivity contribution in [2.24, 2.45) is 0 Å². The SMILES string of the molecule is CC.Cc1nsc2cnncc12. The summed E-state index contributed by atoms with van der Waals surface area (Å²) in [7, 11) is 0. The molecule has 0 aromatic carbocycles. The monoisotopic (exact) mass is 181 g/mol. The molecule has 0 amide bonds. The highest BCUT2D eigenvalue weighted by Gasteiger charge is 1.99. The van der Waals surface area contributed by atoms with Gasteiger partial charge in [-0.15, -0.1) is 0 Å². The highest BCUT2D eigenvalue weighted by Crippen LogP contribution is 2.18. The normalized spacial score (nSPS) is 9.25. The molecule has 0 radical (unpaired) electrons. The molecule has 2 aromatic heterocycles. The Balaban J connectivity index is 0.000000336. The van der Waals surface area contributed by atoms with Gasteiger partial charge in [0, 0.05) is 5.39 Å². The van der Waals surface area contributed by atoms with E-state index in [4.69, 9.17) is 0 Å². The Morgan fingerprint density at radius 1 is 1.17 bits per heavy atom. The summed E-state index contributed by atoms with van der Waals surface area (Å²) in [5.74, 6) is 0. The van der Waals surface area contributed by atoms with Crippen LogP contribution in [-0.4, -0.2) is 14.6 Å². The minimum absolute atomic E-state index is 1.04. The number of hydrogen-bond donors (Lipinski definition) is 0. The highest BCUT2D eigenvalue weighted by molar-refractivity contribution is 7.13. The molecule has 2 heterocycles. The van der Waals surface area contributed by atoms with Gasteiger partial charge in [0.05, 0.1) is 22.8 Å².